The maximum atomic E-state index is 12.1. The molecule has 0 unspecified atom stereocenters. The van der Waals surface area contributed by atoms with Gasteiger partial charge in [-0.05, 0) is 55.7 Å². The first-order chi connectivity index (χ1) is 10.9. The molecule has 1 N–H and O–H groups in total. The highest BCUT2D eigenvalue weighted by Crippen LogP contribution is 2.30. The van der Waals surface area contributed by atoms with Crippen molar-refractivity contribution in [2.75, 3.05) is 19.0 Å². The lowest BCUT2D eigenvalue weighted by atomic mass is 10.1. The van der Waals surface area contributed by atoms with Crippen LogP contribution in [0.5, 0.6) is 11.5 Å². The van der Waals surface area contributed by atoms with Crippen molar-refractivity contribution in [1.29, 1.82) is 0 Å². The smallest absolute Gasteiger partial charge is 0.262 e. The van der Waals surface area contributed by atoms with Crippen molar-refractivity contribution in [2.24, 2.45) is 0 Å². The molecule has 23 heavy (non-hydrogen) atoms. The lowest BCUT2D eigenvalue weighted by molar-refractivity contribution is -0.118. The molecule has 5 heteroatoms. The number of aryl methyl sites for hydroxylation is 3. The summed E-state index contributed by atoms with van der Waals surface area (Å²) in [5, 5.41) is 3.37. The Kier molecular flexibility index (Phi) is 5.50. The number of anilines is 1. The van der Waals surface area contributed by atoms with Gasteiger partial charge in [-0.3, -0.25) is 4.79 Å². The van der Waals surface area contributed by atoms with E-state index in [1.165, 1.54) is 7.11 Å². The van der Waals surface area contributed by atoms with Crippen LogP contribution in [0.4, 0.5) is 5.69 Å². The number of benzene rings is 2. The third-order valence-corrected chi connectivity index (χ3v) is 3.73. The third kappa shape index (κ3) is 4.63. The Morgan fingerprint density at radius 1 is 1.09 bits per heavy atom. The summed E-state index contributed by atoms with van der Waals surface area (Å²) in [6.07, 6.45) is 0. The first-order valence-corrected chi connectivity index (χ1v) is 7.62. The van der Waals surface area contributed by atoms with Gasteiger partial charge in [0.05, 0.1) is 12.8 Å². The molecule has 122 valence electrons. The maximum Gasteiger partial charge on any atom is 0.262 e. The maximum absolute atomic E-state index is 12.1. The summed E-state index contributed by atoms with van der Waals surface area (Å²) in [4.78, 5) is 12.1. The summed E-state index contributed by atoms with van der Waals surface area (Å²) in [5.41, 5.74) is 3.62. The fourth-order valence-electron chi connectivity index (χ4n) is 2.28. The molecule has 0 heterocycles. The number of carbonyl (C=O) groups is 1. The number of methoxy groups -OCH3 is 1. The Bertz CT molecular complexity index is 708. The minimum Gasteiger partial charge on any atom is -0.495 e. The van der Waals surface area contributed by atoms with Crippen molar-refractivity contribution in [3.05, 3.63) is 52.0 Å². The summed E-state index contributed by atoms with van der Waals surface area (Å²) in [7, 11) is 1.53. The number of halogens is 1. The van der Waals surface area contributed by atoms with Crippen LogP contribution in [0.25, 0.3) is 0 Å². The predicted octanol–water partition coefficient (Wildman–Crippen LogP) is 4.29. The highest BCUT2D eigenvalue weighted by molar-refractivity contribution is 6.31. The van der Waals surface area contributed by atoms with Gasteiger partial charge in [-0.25, -0.2) is 0 Å². The van der Waals surface area contributed by atoms with Crippen molar-refractivity contribution < 1.29 is 14.3 Å². The van der Waals surface area contributed by atoms with E-state index < -0.39 is 0 Å². The predicted molar refractivity (Wildman–Crippen MR) is 92.8 cm³/mol. The van der Waals surface area contributed by atoms with Crippen molar-refractivity contribution in [3.8, 4) is 11.5 Å². The molecule has 2 aromatic carbocycles. The second-order valence-corrected chi connectivity index (χ2v) is 5.87. The largest absolute Gasteiger partial charge is 0.495 e. The van der Waals surface area contributed by atoms with Crippen LogP contribution < -0.4 is 14.8 Å². The molecule has 0 atom stereocenters. The molecule has 0 bridgehead atoms. The van der Waals surface area contributed by atoms with Crippen molar-refractivity contribution in [2.45, 2.75) is 20.8 Å². The molecule has 1 amide bonds. The average Bonchev–Trinajstić information content (AvgIpc) is 2.47. The number of rotatable bonds is 5. The molecule has 4 nitrogen and oxygen atoms in total. The van der Waals surface area contributed by atoms with Crippen LogP contribution in [0.2, 0.25) is 5.02 Å². The molecule has 0 spiro atoms. The number of nitrogens with one attached hydrogen (secondary N) is 1. The van der Waals surface area contributed by atoms with Crippen LogP contribution in [-0.2, 0) is 4.79 Å². The van der Waals surface area contributed by atoms with Crippen LogP contribution in [0, 0.1) is 20.8 Å². The number of hydrogen-bond acceptors (Lipinski definition) is 3. The minimum absolute atomic E-state index is 0.0757. The molecule has 0 saturated heterocycles. The highest BCUT2D eigenvalue weighted by Gasteiger charge is 2.11. The van der Waals surface area contributed by atoms with Gasteiger partial charge in [0.15, 0.2) is 6.61 Å². The second-order valence-electron chi connectivity index (χ2n) is 5.46. The first-order valence-electron chi connectivity index (χ1n) is 7.24. The summed E-state index contributed by atoms with van der Waals surface area (Å²) in [6.45, 7) is 5.76. The monoisotopic (exact) mass is 333 g/mol. The van der Waals surface area contributed by atoms with Gasteiger partial charge >= 0.3 is 0 Å². The lowest BCUT2D eigenvalue weighted by Crippen LogP contribution is -2.20. The Morgan fingerprint density at radius 3 is 2.35 bits per heavy atom. The average molecular weight is 334 g/mol. The Hall–Kier alpha value is -2.20. The standard InChI is InChI=1S/C18H20ClNO3/c1-11-5-12(2)7-14(6-11)23-10-18(21)20-16-8-13(3)15(19)9-17(16)22-4/h5-9H,10H2,1-4H3,(H,20,21). The second kappa shape index (κ2) is 7.38. The Balaban J connectivity index is 2.04. The highest BCUT2D eigenvalue weighted by atomic mass is 35.5. The van der Waals surface area contributed by atoms with Crippen molar-refractivity contribution in [1.82, 2.24) is 0 Å². The van der Waals surface area contributed by atoms with Crippen LogP contribution >= 0.6 is 11.6 Å². The van der Waals surface area contributed by atoms with Crippen LogP contribution in [0.15, 0.2) is 30.3 Å². The Labute approximate surface area is 141 Å². The van der Waals surface area contributed by atoms with E-state index >= 15 is 0 Å². The summed E-state index contributed by atoms with van der Waals surface area (Å²) in [6, 6.07) is 9.29. The minimum atomic E-state index is -0.260. The number of hydrogen-bond donors (Lipinski definition) is 1. The molecule has 0 aromatic heterocycles. The summed E-state index contributed by atoms with van der Waals surface area (Å²) in [5.74, 6) is 0.932. The zero-order valence-electron chi connectivity index (χ0n) is 13.7. The van der Waals surface area contributed by atoms with Crippen molar-refractivity contribution >= 4 is 23.2 Å². The van der Waals surface area contributed by atoms with Gasteiger partial charge in [-0.15, -0.1) is 0 Å². The van der Waals surface area contributed by atoms with Gasteiger partial charge in [0.2, 0.25) is 0 Å². The zero-order valence-corrected chi connectivity index (χ0v) is 14.5. The quantitative estimate of drug-likeness (QED) is 0.887. The van der Waals surface area contributed by atoms with Gasteiger partial charge in [0.1, 0.15) is 11.5 Å². The fraction of sp³-hybridized carbons (Fsp3) is 0.278. The SMILES string of the molecule is COc1cc(Cl)c(C)cc1NC(=O)COc1cc(C)cc(C)c1. The number of ether oxygens (including phenoxy) is 2. The molecule has 0 aliphatic rings. The molecular formula is C18H20ClNO3. The van der Waals surface area contributed by atoms with Gasteiger partial charge in [-0.1, -0.05) is 17.7 Å². The first kappa shape index (κ1) is 17.2. The van der Waals surface area contributed by atoms with Gasteiger partial charge in [0, 0.05) is 11.1 Å². The molecule has 0 aliphatic carbocycles. The number of amides is 1. The van der Waals surface area contributed by atoms with Crippen LogP contribution in [0.3, 0.4) is 0 Å². The molecule has 2 rings (SSSR count). The lowest BCUT2D eigenvalue weighted by Gasteiger charge is -2.13. The zero-order chi connectivity index (χ0) is 17.0. The van der Waals surface area contributed by atoms with E-state index in [1.54, 1.807) is 12.1 Å². The van der Waals surface area contributed by atoms with E-state index in [0.29, 0.717) is 22.2 Å². The summed E-state index contributed by atoms with van der Waals surface area (Å²) < 4.78 is 10.8. The van der Waals surface area contributed by atoms with Crippen LogP contribution in [-0.4, -0.2) is 19.6 Å². The molecule has 0 aliphatic heterocycles. The van der Waals surface area contributed by atoms with E-state index in [1.807, 2.05) is 39.0 Å². The van der Waals surface area contributed by atoms with Crippen LogP contribution in [0.1, 0.15) is 16.7 Å². The molecule has 0 saturated carbocycles. The summed E-state index contributed by atoms with van der Waals surface area (Å²) >= 11 is 6.05. The molecular weight excluding hydrogens is 314 g/mol. The van der Waals surface area contributed by atoms with Gasteiger partial charge in [0.25, 0.3) is 5.91 Å². The Morgan fingerprint density at radius 2 is 1.74 bits per heavy atom. The van der Waals surface area contributed by atoms with Gasteiger partial charge < -0.3 is 14.8 Å². The molecule has 2 aromatic rings. The van der Waals surface area contributed by atoms with Gasteiger partial charge in [-0.2, -0.15) is 0 Å². The molecule has 0 radical (unpaired) electrons. The van der Waals surface area contributed by atoms with E-state index in [-0.39, 0.29) is 12.5 Å². The van der Waals surface area contributed by atoms with E-state index in [4.69, 9.17) is 21.1 Å². The third-order valence-electron chi connectivity index (χ3n) is 3.32. The number of carbonyl (C=O) groups excluding carboxylic acids is 1. The van der Waals surface area contributed by atoms with E-state index in [2.05, 4.69) is 5.32 Å². The van der Waals surface area contributed by atoms with E-state index in [9.17, 15) is 4.79 Å². The molecule has 0 fully saturated rings. The van der Waals surface area contributed by atoms with E-state index in [0.717, 1.165) is 16.7 Å². The fourth-order valence-corrected chi connectivity index (χ4v) is 2.43. The normalized spacial score (nSPS) is 10.3. The topological polar surface area (TPSA) is 47.6 Å². The van der Waals surface area contributed by atoms with Crippen molar-refractivity contribution in [3.63, 3.8) is 0 Å².